The molecular formula is C30H34N8O2. The molecule has 0 spiro atoms. The lowest BCUT2D eigenvalue weighted by atomic mass is 9.99. The van der Waals surface area contributed by atoms with Gasteiger partial charge in [0.1, 0.15) is 18.0 Å². The van der Waals surface area contributed by atoms with Crippen LogP contribution in [0.25, 0.3) is 28.0 Å². The fourth-order valence-electron chi connectivity index (χ4n) is 5.04. The molecule has 2 aromatic carbocycles. The van der Waals surface area contributed by atoms with Crippen molar-refractivity contribution in [3.8, 4) is 11.1 Å². The second kappa shape index (κ2) is 11.6. The summed E-state index contributed by atoms with van der Waals surface area (Å²) in [6.07, 6.45) is 7.81. The molecular weight excluding hydrogens is 504 g/mol. The van der Waals surface area contributed by atoms with Gasteiger partial charge in [0.25, 0.3) is 5.56 Å². The zero-order valence-corrected chi connectivity index (χ0v) is 23.2. The Balaban J connectivity index is 1.42. The predicted molar refractivity (Wildman–Crippen MR) is 157 cm³/mol. The minimum absolute atomic E-state index is 0.0167. The maximum atomic E-state index is 13.3. The smallest absolute Gasteiger partial charge is 0.274 e. The fourth-order valence-corrected chi connectivity index (χ4v) is 5.04. The van der Waals surface area contributed by atoms with Crippen molar-refractivity contribution in [2.24, 2.45) is 17.8 Å². The molecule has 1 aliphatic rings. The van der Waals surface area contributed by atoms with Crippen molar-refractivity contribution in [3.05, 3.63) is 76.2 Å². The highest BCUT2D eigenvalue weighted by Crippen LogP contribution is 2.33. The molecule has 10 heteroatoms. The number of carbonyl (C=O) groups excluding carboxylic acids is 1. The minimum Gasteiger partial charge on any atom is -0.387 e. The van der Waals surface area contributed by atoms with Crippen molar-refractivity contribution in [2.75, 3.05) is 13.1 Å². The fraction of sp³-hybridized carbons (Fsp3) is 0.333. The van der Waals surface area contributed by atoms with Crippen molar-refractivity contribution >= 4 is 34.3 Å². The lowest BCUT2D eigenvalue weighted by molar-refractivity contribution is -0.127. The molecule has 0 saturated heterocycles. The molecule has 0 saturated carbocycles. The van der Waals surface area contributed by atoms with Gasteiger partial charge < -0.3 is 10.6 Å². The van der Waals surface area contributed by atoms with Crippen LogP contribution in [0, 0.1) is 0 Å². The number of aliphatic imine (C=N–C) groups is 1. The van der Waals surface area contributed by atoms with Gasteiger partial charge in [-0.15, -0.1) is 0 Å². The average Bonchev–Trinajstić information content (AvgIpc) is 3.28. The predicted octanol–water partition coefficient (Wildman–Crippen LogP) is 3.86. The number of fused-ring (bicyclic) bond motifs is 2. The van der Waals surface area contributed by atoms with E-state index in [1.165, 1.54) is 11.0 Å². The molecule has 0 unspecified atom stereocenters. The SMILES string of the molecule is CCCN(CCC)C(=O)C1=Cc2ccc(-c3ccc4c(=O)n(CCc5ncnn5C)ncc4c3)cc2N=C(N)C1. The number of nitrogens with zero attached hydrogens (tertiary/aromatic N) is 7. The van der Waals surface area contributed by atoms with Crippen LogP contribution in [-0.2, 0) is 24.8 Å². The zero-order chi connectivity index (χ0) is 28.2. The van der Waals surface area contributed by atoms with E-state index in [4.69, 9.17) is 5.73 Å². The normalized spacial score (nSPS) is 13.0. The van der Waals surface area contributed by atoms with Crippen molar-refractivity contribution in [3.63, 3.8) is 0 Å². The van der Waals surface area contributed by atoms with Gasteiger partial charge in [0.2, 0.25) is 5.91 Å². The number of aromatic nitrogens is 5. The van der Waals surface area contributed by atoms with Gasteiger partial charge in [-0.25, -0.2) is 14.7 Å². The summed E-state index contributed by atoms with van der Waals surface area (Å²) in [6, 6.07) is 11.7. The highest BCUT2D eigenvalue weighted by Gasteiger charge is 2.21. The zero-order valence-electron chi connectivity index (χ0n) is 23.2. The third kappa shape index (κ3) is 5.56. The van der Waals surface area contributed by atoms with E-state index >= 15 is 0 Å². The van der Waals surface area contributed by atoms with Crippen molar-refractivity contribution in [1.29, 1.82) is 0 Å². The van der Waals surface area contributed by atoms with Crippen molar-refractivity contribution < 1.29 is 4.79 Å². The summed E-state index contributed by atoms with van der Waals surface area (Å²) >= 11 is 0. The molecule has 206 valence electrons. The van der Waals surface area contributed by atoms with E-state index in [-0.39, 0.29) is 11.5 Å². The number of hydrogen-bond donors (Lipinski definition) is 1. The van der Waals surface area contributed by atoms with Crippen LogP contribution < -0.4 is 11.3 Å². The number of aryl methyl sites for hydroxylation is 3. The van der Waals surface area contributed by atoms with Crippen molar-refractivity contribution in [1.82, 2.24) is 29.4 Å². The number of amidine groups is 1. The summed E-state index contributed by atoms with van der Waals surface area (Å²) in [5.41, 5.74) is 10.2. The van der Waals surface area contributed by atoms with Gasteiger partial charge in [-0.1, -0.05) is 32.0 Å². The Bertz CT molecular complexity index is 1670. The Morgan fingerprint density at radius 1 is 1.05 bits per heavy atom. The van der Waals surface area contributed by atoms with E-state index in [1.807, 2.05) is 54.4 Å². The van der Waals surface area contributed by atoms with Crippen LogP contribution in [0.1, 0.15) is 44.5 Å². The van der Waals surface area contributed by atoms with E-state index in [2.05, 4.69) is 34.0 Å². The third-order valence-electron chi connectivity index (χ3n) is 7.08. The van der Waals surface area contributed by atoms with Crippen LogP contribution in [0.15, 0.2) is 64.3 Å². The number of hydrogen-bond acceptors (Lipinski definition) is 7. The van der Waals surface area contributed by atoms with Gasteiger partial charge in [-0.2, -0.15) is 10.2 Å². The van der Waals surface area contributed by atoms with E-state index in [9.17, 15) is 9.59 Å². The first-order valence-corrected chi connectivity index (χ1v) is 13.7. The van der Waals surface area contributed by atoms with E-state index in [0.717, 1.165) is 53.8 Å². The third-order valence-corrected chi connectivity index (χ3v) is 7.08. The number of benzene rings is 2. The first-order valence-electron chi connectivity index (χ1n) is 13.7. The summed E-state index contributed by atoms with van der Waals surface area (Å²) in [4.78, 5) is 37.1. The van der Waals surface area contributed by atoms with Crippen LogP contribution in [-0.4, -0.2) is 54.3 Å². The molecule has 0 atom stereocenters. The van der Waals surface area contributed by atoms with Crippen LogP contribution in [0.4, 0.5) is 5.69 Å². The maximum absolute atomic E-state index is 13.3. The van der Waals surface area contributed by atoms with Gasteiger partial charge in [-0.05, 0) is 48.2 Å². The molecule has 1 aliphatic heterocycles. The standard InChI is InChI=1S/C30H34N8O2/c1-4-11-37(12-5-2)29(39)23-15-22-7-6-21(16-26(22)35-27(31)17-23)20-8-9-25-24(14-20)18-33-38(30(25)40)13-10-28-32-19-34-36(28)3/h6-9,14-16,18-19H,4-5,10-13,17H2,1-3H3,(H2,31,35). The van der Waals surface area contributed by atoms with Crippen LogP contribution >= 0.6 is 0 Å². The Kier molecular flexibility index (Phi) is 7.86. The average molecular weight is 539 g/mol. The molecule has 0 radical (unpaired) electrons. The summed E-state index contributed by atoms with van der Waals surface area (Å²) in [6.45, 7) is 6.00. The highest BCUT2D eigenvalue weighted by atomic mass is 16.2. The van der Waals surface area contributed by atoms with E-state index in [0.29, 0.717) is 41.9 Å². The quantitative estimate of drug-likeness (QED) is 0.345. The molecule has 3 heterocycles. The molecule has 0 aliphatic carbocycles. The van der Waals surface area contributed by atoms with Crippen LogP contribution in [0.2, 0.25) is 0 Å². The first-order chi connectivity index (χ1) is 19.4. The second-order valence-electron chi connectivity index (χ2n) is 10.0. The molecule has 5 rings (SSSR count). The molecule has 1 amide bonds. The summed E-state index contributed by atoms with van der Waals surface area (Å²) in [5, 5.41) is 9.82. The Hall–Kier alpha value is -4.60. The molecule has 2 aromatic heterocycles. The lowest BCUT2D eigenvalue weighted by Crippen LogP contribution is -2.34. The van der Waals surface area contributed by atoms with Crippen molar-refractivity contribution in [2.45, 2.75) is 46.1 Å². The molecule has 4 aromatic rings. The topological polar surface area (TPSA) is 124 Å². The van der Waals surface area contributed by atoms with E-state index < -0.39 is 0 Å². The summed E-state index contributed by atoms with van der Waals surface area (Å²) < 4.78 is 3.16. The number of amides is 1. The Morgan fingerprint density at radius 2 is 1.80 bits per heavy atom. The summed E-state index contributed by atoms with van der Waals surface area (Å²) in [5.74, 6) is 1.22. The summed E-state index contributed by atoms with van der Waals surface area (Å²) in [7, 11) is 1.83. The highest BCUT2D eigenvalue weighted by molar-refractivity contribution is 6.05. The Labute approximate surface area is 232 Å². The van der Waals surface area contributed by atoms with Crippen LogP contribution in [0.5, 0.6) is 0 Å². The lowest BCUT2D eigenvalue weighted by Gasteiger charge is -2.22. The van der Waals surface area contributed by atoms with Gasteiger partial charge in [-0.3, -0.25) is 14.3 Å². The van der Waals surface area contributed by atoms with Gasteiger partial charge in [0.15, 0.2) is 0 Å². The van der Waals surface area contributed by atoms with Crippen LogP contribution in [0.3, 0.4) is 0 Å². The first kappa shape index (κ1) is 27.0. The van der Waals surface area contributed by atoms with Gasteiger partial charge in [0.05, 0.1) is 23.8 Å². The molecule has 2 N–H and O–H groups in total. The Morgan fingerprint density at radius 3 is 2.52 bits per heavy atom. The number of nitrogens with two attached hydrogens (primary N) is 1. The molecule has 10 nitrogen and oxygen atoms in total. The largest absolute Gasteiger partial charge is 0.387 e. The second-order valence-corrected chi connectivity index (χ2v) is 10.0. The van der Waals surface area contributed by atoms with Gasteiger partial charge in [0, 0.05) is 49.5 Å². The van der Waals surface area contributed by atoms with Gasteiger partial charge >= 0.3 is 0 Å². The molecule has 40 heavy (non-hydrogen) atoms. The molecule has 0 bridgehead atoms. The number of rotatable bonds is 9. The molecule has 0 fully saturated rings. The monoisotopic (exact) mass is 538 g/mol. The maximum Gasteiger partial charge on any atom is 0.274 e. The number of carbonyl (C=O) groups is 1. The van der Waals surface area contributed by atoms with E-state index in [1.54, 1.807) is 10.9 Å². The minimum atomic E-state index is -0.145.